The molecule has 7 nitrogen and oxygen atoms in total. The Bertz CT molecular complexity index is 1830. The molecule has 2 aliphatic heterocycles. The van der Waals surface area contributed by atoms with Crippen molar-refractivity contribution in [1.29, 1.82) is 0 Å². The van der Waals surface area contributed by atoms with Gasteiger partial charge in [-0.05, 0) is 41.7 Å². The summed E-state index contributed by atoms with van der Waals surface area (Å²) in [6.45, 7) is 2.11. The molecule has 0 amide bonds. The van der Waals surface area contributed by atoms with Crippen molar-refractivity contribution in [2.75, 3.05) is 20.2 Å². The van der Waals surface area contributed by atoms with Crippen molar-refractivity contribution in [2.24, 2.45) is 0 Å². The van der Waals surface area contributed by atoms with Crippen molar-refractivity contribution in [2.45, 2.75) is 48.7 Å². The Morgan fingerprint density at radius 2 is 1.60 bits per heavy atom. The van der Waals surface area contributed by atoms with Crippen LogP contribution in [-0.2, 0) is 29.4 Å². The molecule has 0 spiro atoms. The number of fused-ring (bicyclic) bond motifs is 2. The Balaban J connectivity index is 1.14. The van der Waals surface area contributed by atoms with E-state index in [-0.39, 0.29) is 28.8 Å². The number of ether oxygens (including phenoxy) is 3. The summed E-state index contributed by atoms with van der Waals surface area (Å²) in [5.74, 6) is 7.87. The molecule has 0 saturated heterocycles. The van der Waals surface area contributed by atoms with Crippen LogP contribution in [-0.4, -0.2) is 50.7 Å². The highest BCUT2D eigenvalue weighted by Crippen LogP contribution is 2.39. The summed E-state index contributed by atoms with van der Waals surface area (Å²) in [5.41, 5.74) is 3.54. The predicted molar refractivity (Wildman–Crippen MR) is 172 cm³/mol. The third-order valence-electron chi connectivity index (χ3n) is 8.17. The molecule has 0 bridgehead atoms. The fourth-order valence-electron chi connectivity index (χ4n) is 5.82. The van der Waals surface area contributed by atoms with Crippen LogP contribution in [0.5, 0.6) is 17.2 Å². The van der Waals surface area contributed by atoms with E-state index < -0.39 is 15.1 Å². The number of carbonyl (C=O) groups is 1. The average Bonchev–Trinajstić information content (AvgIpc) is 3.26. The van der Waals surface area contributed by atoms with E-state index in [4.69, 9.17) is 14.2 Å². The van der Waals surface area contributed by atoms with E-state index in [2.05, 4.69) is 28.9 Å². The zero-order valence-electron chi connectivity index (χ0n) is 25.1. The number of benzene rings is 4. The molecule has 45 heavy (non-hydrogen) atoms. The van der Waals surface area contributed by atoms with Gasteiger partial charge in [-0.15, -0.1) is 5.92 Å². The maximum Gasteiger partial charge on any atom is 0.190 e. The normalized spacial score (nSPS) is 17.9. The van der Waals surface area contributed by atoms with Gasteiger partial charge in [-0.1, -0.05) is 84.8 Å². The molecular formula is C37H35NO6S. The van der Waals surface area contributed by atoms with Gasteiger partial charge in [-0.25, -0.2) is 8.42 Å². The second-order valence-corrected chi connectivity index (χ2v) is 13.4. The maximum absolute atomic E-state index is 13.0. The van der Waals surface area contributed by atoms with Crippen LogP contribution in [0, 0.1) is 11.8 Å². The van der Waals surface area contributed by atoms with Gasteiger partial charge >= 0.3 is 0 Å². The van der Waals surface area contributed by atoms with Gasteiger partial charge in [0.1, 0.15) is 23.7 Å². The van der Waals surface area contributed by atoms with Gasteiger partial charge in [0.05, 0.1) is 18.6 Å². The van der Waals surface area contributed by atoms with E-state index in [1.54, 1.807) is 25.3 Å². The Hall–Kier alpha value is -4.58. The minimum absolute atomic E-state index is 0.0318. The fourth-order valence-corrected chi connectivity index (χ4v) is 7.58. The molecule has 0 saturated carbocycles. The lowest BCUT2D eigenvalue weighted by Gasteiger charge is -2.31. The molecule has 2 aliphatic rings. The van der Waals surface area contributed by atoms with Crippen molar-refractivity contribution in [3.63, 3.8) is 0 Å². The van der Waals surface area contributed by atoms with E-state index >= 15 is 0 Å². The highest BCUT2D eigenvalue weighted by molar-refractivity contribution is 7.93. The standard InChI is InChI=1S/C37H35NO6S/c1-42-33-22-29-19-20-30(44-32(29)23-34(33)43-26-28-14-6-3-7-15-28)25-38(24-27-12-4-2-5-13-27)21-11-10-18-36-37(39)31-16-8-9-17-35(31)45(36,40)41/h2-9,12-17,22-23,30,36H,18-21,24-26H2,1H3/t30-,36?/m1/s1. The van der Waals surface area contributed by atoms with Crippen LogP contribution in [0.15, 0.2) is 102 Å². The van der Waals surface area contributed by atoms with Gasteiger partial charge < -0.3 is 14.2 Å². The molecule has 2 atom stereocenters. The number of sulfone groups is 1. The van der Waals surface area contributed by atoms with Gasteiger partial charge in [0, 0.05) is 31.1 Å². The van der Waals surface area contributed by atoms with Gasteiger partial charge in [0.15, 0.2) is 27.1 Å². The van der Waals surface area contributed by atoms with E-state index in [0.29, 0.717) is 37.7 Å². The SMILES string of the molecule is COc1cc2c(cc1OCc1ccccc1)O[C@@H](CN(CC#CCC1C(=O)c3ccccc3S1(=O)=O)Cc1ccccc1)CC2. The lowest BCUT2D eigenvalue weighted by atomic mass is 10.0. The molecule has 0 aliphatic carbocycles. The molecule has 0 aromatic heterocycles. The number of methoxy groups -OCH3 is 1. The number of aryl methyl sites for hydroxylation is 1. The van der Waals surface area contributed by atoms with Gasteiger partial charge in [-0.2, -0.15) is 0 Å². The van der Waals surface area contributed by atoms with Crippen molar-refractivity contribution in [1.82, 2.24) is 4.90 Å². The minimum atomic E-state index is -3.73. The van der Waals surface area contributed by atoms with Gasteiger partial charge in [0.25, 0.3) is 0 Å². The fraction of sp³-hybridized carbons (Fsp3) is 0.270. The monoisotopic (exact) mass is 621 g/mol. The summed E-state index contributed by atoms with van der Waals surface area (Å²) < 4.78 is 44.2. The number of Topliss-reactive ketones (excluding diaryl/α,β-unsaturated/α-hetero) is 1. The molecule has 1 unspecified atom stereocenters. The van der Waals surface area contributed by atoms with Crippen LogP contribution >= 0.6 is 0 Å². The first-order valence-corrected chi connectivity index (χ1v) is 16.6. The molecule has 0 fully saturated rings. The average molecular weight is 622 g/mol. The van der Waals surface area contributed by atoms with Crippen molar-refractivity contribution in [3.05, 3.63) is 119 Å². The third kappa shape index (κ3) is 6.90. The van der Waals surface area contributed by atoms with Crippen LogP contribution in [0.2, 0.25) is 0 Å². The minimum Gasteiger partial charge on any atom is -0.493 e. The summed E-state index contributed by atoms with van der Waals surface area (Å²) >= 11 is 0. The van der Waals surface area contributed by atoms with Crippen LogP contribution in [0.3, 0.4) is 0 Å². The summed E-state index contributed by atoms with van der Waals surface area (Å²) in [6, 6.07) is 30.4. The first-order valence-electron chi connectivity index (χ1n) is 15.1. The molecule has 230 valence electrons. The number of carbonyl (C=O) groups excluding carboxylic acids is 1. The van der Waals surface area contributed by atoms with E-state index in [0.717, 1.165) is 35.3 Å². The van der Waals surface area contributed by atoms with Crippen molar-refractivity contribution in [3.8, 4) is 29.1 Å². The van der Waals surface area contributed by atoms with Crippen molar-refractivity contribution < 1.29 is 27.4 Å². The number of ketones is 1. The third-order valence-corrected chi connectivity index (χ3v) is 10.3. The molecule has 0 radical (unpaired) electrons. The van der Waals surface area contributed by atoms with Gasteiger partial charge in [-0.3, -0.25) is 9.69 Å². The highest BCUT2D eigenvalue weighted by Gasteiger charge is 2.43. The lowest BCUT2D eigenvalue weighted by molar-refractivity contribution is 0.0991. The molecule has 2 heterocycles. The zero-order chi connectivity index (χ0) is 31.2. The lowest BCUT2D eigenvalue weighted by Crippen LogP contribution is -2.37. The number of hydrogen-bond acceptors (Lipinski definition) is 7. The van der Waals surface area contributed by atoms with E-state index in [1.807, 2.05) is 60.7 Å². The zero-order valence-corrected chi connectivity index (χ0v) is 26.0. The number of nitrogens with zero attached hydrogens (tertiary/aromatic N) is 1. The summed E-state index contributed by atoms with van der Waals surface area (Å²) in [4.78, 5) is 15.1. The molecule has 8 heteroatoms. The quantitative estimate of drug-likeness (QED) is 0.204. The Kier molecular flexibility index (Phi) is 9.20. The van der Waals surface area contributed by atoms with Crippen LogP contribution in [0.1, 0.15) is 39.9 Å². The Morgan fingerprint density at radius 3 is 2.33 bits per heavy atom. The van der Waals surface area contributed by atoms with Crippen LogP contribution in [0.25, 0.3) is 0 Å². The Morgan fingerprint density at radius 1 is 0.889 bits per heavy atom. The maximum atomic E-state index is 13.0. The topological polar surface area (TPSA) is 82.1 Å². The predicted octanol–water partition coefficient (Wildman–Crippen LogP) is 5.90. The first-order chi connectivity index (χ1) is 21.9. The largest absolute Gasteiger partial charge is 0.493 e. The second-order valence-electron chi connectivity index (χ2n) is 11.3. The highest BCUT2D eigenvalue weighted by atomic mass is 32.2. The molecule has 4 aromatic carbocycles. The smallest absolute Gasteiger partial charge is 0.190 e. The van der Waals surface area contributed by atoms with E-state index in [9.17, 15) is 13.2 Å². The number of hydrogen-bond donors (Lipinski definition) is 0. The summed E-state index contributed by atoms with van der Waals surface area (Å²) in [6.07, 6.45) is 1.55. The van der Waals surface area contributed by atoms with Crippen LogP contribution in [0.4, 0.5) is 0 Å². The molecule has 6 rings (SSSR count). The van der Waals surface area contributed by atoms with Gasteiger partial charge in [0.2, 0.25) is 0 Å². The molecule has 4 aromatic rings. The van der Waals surface area contributed by atoms with Crippen molar-refractivity contribution >= 4 is 15.6 Å². The number of rotatable bonds is 10. The first kappa shape index (κ1) is 30.4. The Labute approximate surface area is 264 Å². The molecule has 0 N–H and O–H groups in total. The summed E-state index contributed by atoms with van der Waals surface area (Å²) in [5, 5.41) is -1.15. The summed E-state index contributed by atoms with van der Waals surface area (Å²) in [7, 11) is -2.09. The van der Waals surface area contributed by atoms with E-state index in [1.165, 1.54) is 6.07 Å². The van der Waals surface area contributed by atoms with Crippen LogP contribution < -0.4 is 14.2 Å². The molecular weight excluding hydrogens is 586 g/mol. The second kappa shape index (κ2) is 13.6.